The number of nitrogens with zero attached hydrogens (tertiary/aromatic N) is 4. The van der Waals surface area contributed by atoms with Gasteiger partial charge < -0.3 is 10.5 Å². The number of halogens is 4. The molecular formula is C31H34Cl2F2N6O3. The summed E-state index contributed by atoms with van der Waals surface area (Å²) < 4.78 is 34.1. The number of hydrogen-bond donors (Lipinski definition) is 2. The van der Waals surface area contributed by atoms with Crippen LogP contribution in [0, 0.1) is 10.8 Å². The molecule has 5 rings (SSSR count). The molecule has 1 amide bonds. The summed E-state index contributed by atoms with van der Waals surface area (Å²) in [6, 6.07) is 10.9. The summed E-state index contributed by atoms with van der Waals surface area (Å²) in [5, 5.41) is 7.51. The van der Waals surface area contributed by atoms with Crippen LogP contribution in [0.5, 0.6) is 0 Å². The lowest BCUT2D eigenvalue weighted by Gasteiger charge is -2.35. The average Bonchev–Trinajstić information content (AvgIpc) is 3.43. The van der Waals surface area contributed by atoms with Gasteiger partial charge in [0.1, 0.15) is 12.9 Å². The van der Waals surface area contributed by atoms with Gasteiger partial charge in [-0.2, -0.15) is 5.10 Å². The van der Waals surface area contributed by atoms with Crippen molar-refractivity contribution in [3.63, 3.8) is 0 Å². The van der Waals surface area contributed by atoms with Gasteiger partial charge in [0, 0.05) is 16.0 Å². The van der Waals surface area contributed by atoms with Crippen LogP contribution < -0.4 is 5.73 Å². The second kappa shape index (κ2) is 11.4. The number of rotatable bonds is 10. The molecule has 1 saturated carbocycles. The molecule has 3 N–H and O–H groups in total. The van der Waals surface area contributed by atoms with Crippen LogP contribution in [0.15, 0.2) is 53.8 Å². The molecule has 0 bridgehead atoms. The van der Waals surface area contributed by atoms with E-state index >= 15 is 0 Å². The average molecular weight is 648 g/mol. The zero-order valence-electron chi connectivity index (χ0n) is 24.8. The van der Waals surface area contributed by atoms with Crippen LogP contribution in [0.25, 0.3) is 11.4 Å². The lowest BCUT2D eigenvalue weighted by molar-refractivity contribution is -0.153. The molecule has 0 saturated heterocycles. The maximum atomic E-state index is 14.6. The van der Waals surface area contributed by atoms with Gasteiger partial charge in [-0.25, -0.2) is 18.8 Å². The second-order valence-electron chi connectivity index (χ2n) is 12.9. The molecule has 13 heteroatoms. The third kappa shape index (κ3) is 6.17. The first-order valence-corrected chi connectivity index (χ1v) is 14.9. The van der Waals surface area contributed by atoms with E-state index in [4.69, 9.17) is 38.7 Å². The monoisotopic (exact) mass is 646 g/mol. The largest absolute Gasteiger partial charge is 0.463 e. The van der Waals surface area contributed by atoms with Gasteiger partial charge in [-0.1, -0.05) is 62.2 Å². The molecule has 2 atom stereocenters. The Labute approximate surface area is 264 Å². The highest BCUT2D eigenvalue weighted by molar-refractivity contribution is 6.33. The zero-order valence-corrected chi connectivity index (χ0v) is 26.3. The van der Waals surface area contributed by atoms with Crippen molar-refractivity contribution in [1.82, 2.24) is 20.1 Å². The fourth-order valence-corrected chi connectivity index (χ4v) is 6.14. The smallest absolute Gasteiger partial charge is 0.306 e. The van der Waals surface area contributed by atoms with Gasteiger partial charge in [0.2, 0.25) is 0 Å². The van der Waals surface area contributed by atoms with E-state index in [0.717, 1.165) is 6.92 Å². The van der Waals surface area contributed by atoms with Crippen molar-refractivity contribution in [2.45, 2.75) is 70.9 Å². The Hall–Kier alpha value is -3.57. The van der Waals surface area contributed by atoms with Crippen molar-refractivity contribution < 1.29 is 23.1 Å². The highest BCUT2D eigenvalue weighted by Gasteiger charge is 2.60. The molecule has 2 aliphatic rings. The van der Waals surface area contributed by atoms with E-state index in [1.807, 2.05) is 20.8 Å². The maximum Gasteiger partial charge on any atom is 0.306 e. The van der Waals surface area contributed by atoms with E-state index < -0.39 is 41.2 Å². The number of ether oxygens (including phenoxy) is 1. The SMILES string of the molecule is CC(C)(C)C[C@]1(c2ccc(Cl)cc2)N=C(N)N([C@H](COC(=O)CC2(C(C)(F)F)CC2)c2ccc(Cl)c(-c3ncn[nH]3)c2)C1=O. The molecule has 1 aliphatic heterocycles. The number of aromatic nitrogens is 3. The molecule has 0 radical (unpaired) electrons. The summed E-state index contributed by atoms with van der Waals surface area (Å²) in [5.41, 5.74) is 4.96. The predicted molar refractivity (Wildman–Crippen MR) is 163 cm³/mol. The number of carbonyl (C=O) groups excluding carboxylic acids is 2. The molecule has 1 aromatic heterocycles. The lowest BCUT2D eigenvalue weighted by atomic mass is 9.75. The molecule has 9 nitrogen and oxygen atoms in total. The Balaban J connectivity index is 1.54. The fourth-order valence-electron chi connectivity index (χ4n) is 5.81. The van der Waals surface area contributed by atoms with Crippen LogP contribution in [0.4, 0.5) is 8.78 Å². The molecular weight excluding hydrogens is 613 g/mol. The zero-order chi connectivity index (χ0) is 32.1. The van der Waals surface area contributed by atoms with Crippen LogP contribution in [0.3, 0.4) is 0 Å². The van der Waals surface area contributed by atoms with E-state index in [-0.39, 0.29) is 30.8 Å². The van der Waals surface area contributed by atoms with Crippen molar-refractivity contribution in [2.24, 2.45) is 21.6 Å². The molecule has 2 heterocycles. The van der Waals surface area contributed by atoms with Crippen molar-refractivity contribution in [3.8, 4) is 11.4 Å². The van der Waals surface area contributed by atoms with E-state index in [1.165, 1.54) is 11.2 Å². The summed E-state index contributed by atoms with van der Waals surface area (Å²) in [6.45, 7) is 6.43. The van der Waals surface area contributed by atoms with Crippen molar-refractivity contribution in [2.75, 3.05) is 6.61 Å². The molecule has 1 fully saturated rings. The first kappa shape index (κ1) is 31.8. The minimum Gasteiger partial charge on any atom is -0.463 e. The van der Waals surface area contributed by atoms with E-state index in [9.17, 15) is 18.4 Å². The van der Waals surface area contributed by atoms with Gasteiger partial charge in [0.15, 0.2) is 17.3 Å². The fraction of sp³-hybridized carbons (Fsp3) is 0.452. The number of aromatic amines is 1. The number of amides is 1. The molecule has 1 aliphatic carbocycles. The number of alkyl halides is 2. The first-order chi connectivity index (χ1) is 20.6. The molecule has 0 spiro atoms. The normalized spacial score (nSPS) is 20.4. The molecule has 44 heavy (non-hydrogen) atoms. The standard InChI is InChI=1S/C31H34Cl2F2N6O3/c1-28(2,3)16-31(19-6-8-20(32)9-7-19)26(43)41(27(36)39-31)23(15-44-24(42)14-30(11-12-30)29(4,34)35)18-5-10-22(33)21(13-18)25-37-17-38-40-25/h5-10,13,17,23H,11-12,14-16H2,1-4H3,(H2,36,39)(H,37,38,40)/t23-,31-/m1/s1. The third-order valence-corrected chi connectivity index (χ3v) is 8.84. The molecule has 234 valence electrons. The summed E-state index contributed by atoms with van der Waals surface area (Å²) >= 11 is 12.7. The molecule has 2 aromatic carbocycles. The number of aliphatic imine (C=N–C) groups is 1. The van der Waals surface area contributed by atoms with Gasteiger partial charge in [0.05, 0.1) is 17.5 Å². The second-order valence-corrected chi connectivity index (χ2v) is 13.7. The van der Waals surface area contributed by atoms with E-state index in [1.54, 1.807) is 42.5 Å². The van der Waals surface area contributed by atoms with Gasteiger partial charge in [-0.3, -0.25) is 19.6 Å². The Bertz CT molecular complexity index is 1580. The quantitative estimate of drug-likeness (QED) is 0.237. The summed E-state index contributed by atoms with van der Waals surface area (Å²) in [5.74, 6) is -3.94. The van der Waals surface area contributed by atoms with Crippen LogP contribution in [-0.2, 0) is 19.9 Å². The van der Waals surface area contributed by atoms with Crippen LogP contribution in [0.1, 0.15) is 70.5 Å². The summed E-state index contributed by atoms with van der Waals surface area (Å²) in [4.78, 5) is 37.8. The predicted octanol–water partition coefficient (Wildman–Crippen LogP) is 6.68. The molecule has 0 unspecified atom stereocenters. The Kier molecular flexibility index (Phi) is 8.26. The number of nitrogens with one attached hydrogen (secondary N) is 1. The topological polar surface area (TPSA) is 127 Å². The number of hydrogen-bond acceptors (Lipinski definition) is 7. The van der Waals surface area contributed by atoms with E-state index in [0.29, 0.717) is 39.0 Å². The number of guanidine groups is 1. The third-order valence-electron chi connectivity index (χ3n) is 8.26. The van der Waals surface area contributed by atoms with Gasteiger partial charge in [0.25, 0.3) is 11.8 Å². The number of benzene rings is 2. The highest BCUT2D eigenvalue weighted by atomic mass is 35.5. The minimum absolute atomic E-state index is 0.0785. The van der Waals surface area contributed by atoms with Crippen molar-refractivity contribution in [3.05, 3.63) is 70.0 Å². The highest BCUT2D eigenvalue weighted by Crippen LogP contribution is 2.59. The number of esters is 1. The molecule has 3 aromatic rings. The number of H-pyrrole nitrogens is 1. The Morgan fingerprint density at radius 1 is 1.14 bits per heavy atom. The van der Waals surface area contributed by atoms with Gasteiger partial charge >= 0.3 is 5.97 Å². The Morgan fingerprint density at radius 2 is 1.82 bits per heavy atom. The van der Waals surface area contributed by atoms with E-state index in [2.05, 4.69) is 15.2 Å². The summed E-state index contributed by atoms with van der Waals surface area (Å²) in [6.07, 6.45) is 1.66. The first-order valence-electron chi connectivity index (χ1n) is 14.2. The van der Waals surface area contributed by atoms with Gasteiger partial charge in [-0.05, 0) is 67.0 Å². The lowest BCUT2D eigenvalue weighted by Crippen LogP contribution is -2.47. The van der Waals surface area contributed by atoms with Crippen molar-refractivity contribution in [1.29, 1.82) is 0 Å². The number of nitrogens with two attached hydrogens (primary N) is 1. The number of carbonyl (C=O) groups is 2. The maximum absolute atomic E-state index is 14.6. The van der Waals surface area contributed by atoms with Crippen LogP contribution >= 0.6 is 23.2 Å². The van der Waals surface area contributed by atoms with Crippen LogP contribution in [-0.4, -0.2) is 50.4 Å². The van der Waals surface area contributed by atoms with Crippen LogP contribution in [0.2, 0.25) is 10.0 Å². The summed E-state index contributed by atoms with van der Waals surface area (Å²) in [7, 11) is 0. The van der Waals surface area contributed by atoms with Gasteiger partial charge in [-0.15, -0.1) is 0 Å². The Morgan fingerprint density at radius 3 is 2.39 bits per heavy atom. The van der Waals surface area contributed by atoms with Crippen molar-refractivity contribution >= 4 is 41.0 Å². The minimum atomic E-state index is -3.03.